The summed E-state index contributed by atoms with van der Waals surface area (Å²) in [5, 5.41) is 7.61. The highest BCUT2D eigenvalue weighted by Crippen LogP contribution is 2.27. The highest BCUT2D eigenvalue weighted by atomic mass is 32.2. The zero-order valence-corrected chi connectivity index (χ0v) is 15.8. The largest absolute Gasteiger partial charge is 0.335 e. The minimum Gasteiger partial charge on any atom is -0.335 e. The van der Waals surface area contributed by atoms with Crippen molar-refractivity contribution in [2.45, 2.75) is 50.8 Å². The van der Waals surface area contributed by atoms with Crippen LogP contribution in [0.25, 0.3) is 11.4 Å². The van der Waals surface area contributed by atoms with Crippen molar-refractivity contribution < 1.29 is 13.3 Å². The number of nitrogens with one attached hydrogen (secondary N) is 2. The van der Waals surface area contributed by atoms with Gasteiger partial charge in [0.15, 0.2) is 0 Å². The molecule has 142 valence electrons. The maximum atomic E-state index is 13.8. The van der Waals surface area contributed by atoms with Crippen molar-refractivity contribution in [1.29, 1.82) is 0 Å². The summed E-state index contributed by atoms with van der Waals surface area (Å²) in [6, 6.07) is 3.85. The maximum Gasteiger partial charge on any atom is 0.322 e. The lowest BCUT2D eigenvalue weighted by molar-refractivity contribution is 0.332. The summed E-state index contributed by atoms with van der Waals surface area (Å²) in [6.07, 6.45) is 4.33. The van der Waals surface area contributed by atoms with Gasteiger partial charge >= 0.3 is 6.01 Å². The van der Waals surface area contributed by atoms with Crippen LogP contribution in [0.15, 0.2) is 22.7 Å². The van der Waals surface area contributed by atoms with Gasteiger partial charge in [-0.1, -0.05) is 31.0 Å². The molecule has 0 atom stereocenters. The maximum absolute atomic E-state index is 13.8. The number of hydrogen-bond donors (Lipinski definition) is 2. The lowest BCUT2D eigenvalue weighted by Crippen LogP contribution is -2.30. The quantitative estimate of drug-likeness (QED) is 0.681. The number of anilines is 1. The Morgan fingerprint density at radius 3 is 2.69 bits per heavy atom. The fraction of sp³-hybridized carbons (Fsp3) is 0.556. The van der Waals surface area contributed by atoms with Crippen molar-refractivity contribution >= 4 is 18.0 Å². The van der Waals surface area contributed by atoms with E-state index in [1.807, 2.05) is 0 Å². The first-order valence-electron chi connectivity index (χ1n) is 8.95. The van der Waals surface area contributed by atoms with Crippen LogP contribution in [0.4, 0.5) is 14.8 Å². The molecule has 0 unspecified atom stereocenters. The number of nitrogens with zero attached hydrogens (tertiary/aromatic N) is 2. The first kappa shape index (κ1) is 19.1. The predicted molar refractivity (Wildman–Crippen MR) is 99.7 cm³/mol. The number of hydrogen-bond acceptors (Lipinski definition) is 6. The topological polar surface area (TPSA) is 63.0 Å². The zero-order valence-electron chi connectivity index (χ0n) is 15.0. The van der Waals surface area contributed by atoms with Crippen molar-refractivity contribution in [1.82, 2.24) is 14.9 Å². The molecule has 1 saturated carbocycles. The van der Waals surface area contributed by atoms with Crippen LogP contribution in [0, 0.1) is 17.6 Å². The van der Waals surface area contributed by atoms with Crippen LogP contribution in [0.1, 0.15) is 39.5 Å². The molecule has 3 rings (SSSR count). The van der Waals surface area contributed by atoms with Crippen LogP contribution in [-0.2, 0) is 0 Å². The first-order chi connectivity index (χ1) is 12.5. The van der Waals surface area contributed by atoms with Gasteiger partial charge in [0.1, 0.15) is 11.6 Å². The van der Waals surface area contributed by atoms with E-state index in [1.165, 1.54) is 12.1 Å². The molecule has 0 bridgehead atoms. The van der Waals surface area contributed by atoms with Crippen molar-refractivity contribution in [2.75, 3.05) is 11.9 Å². The monoisotopic (exact) mass is 382 g/mol. The van der Waals surface area contributed by atoms with Gasteiger partial charge in [0.25, 0.3) is 0 Å². The molecule has 5 nitrogen and oxygen atoms in total. The summed E-state index contributed by atoms with van der Waals surface area (Å²) in [5.41, 5.74) is 0.126. The van der Waals surface area contributed by atoms with Gasteiger partial charge in [0.2, 0.25) is 5.82 Å². The molecule has 1 aromatic heterocycles. The van der Waals surface area contributed by atoms with E-state index in [4.69, 9.17) is 4.52 Å². The average molecular weight is 382 g/mol. The van der Waals surface area contributed by atoms with E-state index in [0.29, 0.717) is 11.2 Å². The third-order valence-corrected chi connectivity index (χ3v) is 5.27. The van der Waals surface area contributed by atoms with Gasteiger partial charge in [-0.25, -0.2) is 8.78 Å². The number of aromatic nitrogens is 2. The van der Waals surface area contributed by atoms with Gasteiger partial charge in [0.05, 0.1) is 5.56 Å². The van der Waals surface area contributed by atoms with Crippen LogP contribution < -0.4 is 10.0 Å². The van der Waals surface area contributed by atoms with Gasteiger partial charge in [-0.3, -0.25) is 4.72 Å². The molecular weight excluding hydrogens is 358 g/mol. The Labute approximate surface area is 156 Å². The normalized spacial score (nSPS) is 20.5. The Hall–Kier alpha value is -1.67. The van der Waals surface area contributed by atoms with Crippen LogP contribution in [0.3, 0.4) is 0 Å². The van der Waals surface area contributed by atoms with Gasteiger partial charge < -0.3 is 9.84 Å². The third-order valence-electron chi connectivity index (χ3n) is 4.46. The molecule has 1 aromatic carbocycles. The standard InChI is InChI=1S/C18H24F2N4OS/c1-11(2)26-21-10-12-3-6-14(7-4-12)22-18-23-17(24-25-18)15-8-5-13(19)9-16(15)20/h5,8-9,11-12,14,21H,3-4,6-7,10H2,1-2H3,(H,22,23,24)/t12-,14-. The minimum absolute atomic E-state index is 0.119. The molecule has 8 heteroatoms. The zero-order chi connectivity index (χ0) is 18.5. The molecule has 26 heavy (non-hydrogen) atoms. The number of halogens is 2. The summed E-state index contributed by atoms with van der Waals surface area (Å²) < 4.78 is 35.4. The molecular formula is C18H24F2N4OS. The Morgan fingerprint density at radius 2 is 2.00 bits per heavy atom. The van der Waals surface area contributed by atoms with E-state index in [0.717, 1.165) is 38.3 Å². The lowest BCUT2D eigenvalue weighted by atomic mass is 9.86. The van der Waals surface area contributed by atoms with E-state index < -0.39 is 11.6 Å². The SMILES string of the molecule is CC(C)SNC[C@H]1CC[C@H](Nc2nc(-c3ccc(F)cc3F)no2)CC1. The second kappa shape index (κ2) is 8.81. The van der Waals surface area contributed by atoms with E-state index in [9.17, 15) is 8.78 Å². The highest BCUT2D eigenvalue weighted by molar-refractivity contribution is 7.97. The van der Waals surface area contributed by atoms with Crippen molar-refractivity contribution in [3.8, 4) is 11.4 Å². The third kappa shape index (κ3) is 5.17. The van der Waals surface area contributed by atoms with E-state index >= 15 is 0 Å². The number of rotatable bonds is 7. The second-order valence-corrected chi connectivity index (χ2v) is 8.39. The van der Waals surface area contributed by atoms with Gasteiger partial charge in [0, 0.05) is 23.9 Å². The molecule has 1 aliphatic rings. The Morgan fingerprint density at radius 1 is 1.23 bits per heavy atom. The lowest BCUT2D eigenvalue weighted by Gasteiger charge is -2.28. The van der Waals surface area contributed by atoms with Crippen LogP contribution in [0.2, 0.25) is 0 Å². The van der Waals surface area contributed by atoms with Crippen LogP contribution in [0.5, 0.6) is 0 Å². The Bertz CT molecular complexity index is 717. The van der Waals surface area contributed by atoms with Gasteiger partial charge in [-0.2, -0.15) is 4.98 Å². The minimum atomic E-state index is -0.704. The Balaban J connectivity index is 1.49. The van der Waals surface area contributed by atoms with E-state index in [1.54, 1.807) is 11.9 Å². The molecule has 2 aromatic rings. The molecule has 1 heterocycles. The molecule has 0 amide bonds. The van der Waals surface area contributed by atoms with Crippen molar-refractivity contribution in [3.63, 3.8) is 0 Å². The number of benzene rings is 1. The van der Waals surface area contributed by atoms with E-state index in [-0.39, 0.29) is 23.4 Å². The summed E-state index contributed by atoms with van der Waals surface area (Å²) in [7, 11) is 0. The molecule has 1 aliphatic carbocycles. The van der Waals surface area contributed by atoms with E-state index in [2.05, 4.69) is 34.0 Å². The summed E-state index contributed by atoms with van der Waals surface area (Å²) in [5.74, 6) is -0.532. The molecule has 2 N–H and O–H groups in total. The summed E-state index contributed by atoms with van der Waals surface area (Å²) in [6.45, 7) is 5.38. The summed E-state index contributed by atoms with van der Waals surface area (Å²) in [4.78, 5) is 4.19. The molecule has 0 saturated heterocycles. The predicted octanol–water partition coefficient (Wildman–Crippen LogP) is 4.63. The average Bonchev–Trinajstić information content (AvgIpc) is 3.04. The first-order valence-corrected chi connectivity index (χ1v) is 9.83. The highest BCUT2D eigenvalue weighted by Gasteiger charge is 2.23. The van der Waals surface area contributed by atoms with Crippen LogP contribution in [-0.4, -0.2) is 28.0 Å². The molecule has 0 spiro atoms. The van der Waals surface area contributed by atoms with Crippen molar-refractivity contribution in [3.05, 3.63) is 29.8 Å². The smallest absolute Gasteiger partial charge is 0.322 e. The fourth-order valence-electron chi connectivity index (χ4n) is 3.08. The molecule has 1 fully saturated rings. The van der Waals surface area contributed by atoms with Gasteiger partial charge in [-0.15, -0.1) is 0 Å². The second-order valence-electron chi connectivity index (χ2n) is 6.92. The van der Waals surface area contributed by atoms with Crippen LogP contribution >= 0.6 is 11.9 Å². The molecule has 0 aliphatic heterocycles. The molecule has 0 radical (unpaired) electrons. The van der Waals surface area contributed by atoms with Crippen molar-refractivity contribution in [2.24, 2.45) is 5.92 Å². The Kier molecular flexibility index (Phi) is 6.48. The summed E-state index contributed by atoms with van der Waals surface area (Å²) >= 11 is 1.78. The van der Waals surface area contributed by atoms with Gasteiger partial charge in [-0.05, 0) is 43.7 Å². The fourth-order valence-corrected chi connectivity index (χ4v) is 3.75.